The monoisotopic (exact) mass is 320 g/mol. The van der Waals surface area contributed by atoms with Crippen molar-refractivity contribution in [3.8, 4) is 0 Å². The summed E-state index contributed by atoms with van der Waals surface area (Å²) in [5.41, 5.74) is 0.0812. The quantitative estimate of drug-likeness (QED) is 0.565. The molecule has 0 aromatic heterocycles. The van der Waals surface area contributed by atoms with Gasteiger partial charge in [-0.15, -0.1) is 0 Å². The maximum absolute atomic E-state index is 6.41. The fraction of sp³-hybridized carbons (Fsp3) is 1.00. The highest BCUT2D eigenvalue weighted by molar-refractivity contribution is 4.94. The number of hydrogen-bond donors (Lipinski definition) is 0. The van der Waals surface area contributed by atoms with Crippen molar-refractivity contribution in [2.75, 3.05) is 6.61 Å². The molecule has 0 amide bonds. The van der Waals surface area contributed by atoms with Crippen molar-refractivity contribution < 1.29 is 4.74 Å². The third kappa shape index (κ3) is 4.14. The Bertz CT molecular complexity index is 374. The van der Waals surface area contributed by atoms with Crippen LogP contribution in [-0.4, -0.2) is 12.2 Å². The Balaban J connectivity index is 1.56. The van der Waals surface area contributed by atoms with E-state index in [-0.39, 0.29) is 5.60 Å². The van der Waals surface area contributed by atoms with E-state index in [1.54, 1.807) is 19.3 Å². The fourth-order valence-electron chi connectivity index (χ4n) is 5.83. The van der Waals surface area contributed by atoms with Crippen LogP contribution in [0.3, 0.4) is 0 Å². The summed E-state index contributed by atoms with van der Waals surface area (Å²) >= 11 is 0. The summed E-state index contributed by atoms with van der Waals surface area (Å²) in [7, 11) is 0. The molecule has 1 heteroatoms. The normalized spacial score (nSPS) is 39.4. The Morgan fingerprint density at radius 1 is 0.870 bits per heavy atom. The molecule has 0 aliphatic heterocycles. The van der Waals surface area contributed by atoms with E-state index in [4.69, 9.17) is 4.74 Å². The van der Waals surface area contributed by atoms with Crippen molar-refractivity contribution >= 4 is 0 Å². The van der Waals surface area contributed by atoms with Crippen LogP contribution in [0.15, 0.2) is 0 Å². The summed E-state index contributed by atoms with van der Waals surface area (Å²) in [5.74, 6) is 5.72. The van der Waals surface area contributed by atoms with E-state index in [1.807, 2.05) is 0 Å². The molecular weight excluding hydrogens is 280 g/mol. The first kappa shape index (κ1) is 17.8. The minimum absolute atomic E-state index is 0.0812. The Morgan fingerprint density at radius 3 is 2.13 bits per heavy atom. The number of fused-ring (bicyclic) bond motifs is 2. The Morgan fingerprint density at radius 2 is 1.48 bits per heavy atom. The fourth-order valence-corrected chi connectivity index (χ4v) is 5.83. The minimum atomic E-state index is 0.0812. The molecule has 6 atom stereocenters. The second kappa shape index (κ2) is 7.46. The first-order valence-electron chi connectivity index (χ1n) is 10.6. The van der Waals surface area contributed by atoms with E-state index in [9.17, 15) is 0 Å². The molecule has 3 fully saturated rings. The molecule has 0 aromatic rings. The van der Waals surface area contributed by atoms with Crippen LogP contribution in [0.25, 0.3) is 0 Å². The van der Waals surface area contributed by atoms with E-state index in [0.29, 0.717) is 5.92 Å². The van der Waals surface area contributed by atoms with Crippen LogP contribution in [0.4, 0.5) is 0 Å². The molecule has 6 unspecified atom stereocenters. The van der Waals surface area contributed by atoms with Crippen LogP contribution in [0.1, 0.15) is 91.9 Å². The van der Waals surface area contributed by atoms with Gasteiger partial charge in [0.2, 0.25) is 0 Å². The van der Waals surface area contributed by atoms with Gasteiger partial charge in [-0.05, 0) is 81.5 Å². The highest BCUT2D eigenvalue weighted by Gasteiger charge is 2.44. The van der Waals surface area contributed by atoms with Gasteiger partial charge in [0.05, 0.1) is 5.60 Å². The van der Waals surface area contributed by atoms with Gasteiger partial charge in [0.15, 0.2) is 0 Å². The van der Waals surface area contributed by atoms with Crippen LogP contribution in [0.2, 0.25) is 0 Å². The van der Waals surface area contributed by atoms with Gasteiger partial charge in [-0.2, -0.15) is 0 Å². The molecule has 1 nitrogen and oxygen atoms in total. The average molecular weight is 321 g/mol. The summed E-state index contributed by atoms with van der Waals surface area (Å²) < 4.78 is 6.41. The average Bonchev–Trinajstić information content (AvgIpc) is 2.57. The van der Waals surface area contributed by atoms with Crippen molar-refractivity contribution in [1.82, 2.24) is 0 Å². The van der Waals surface area contributed by atoms with Crippen molar-refractivity contribution in [2.24, 2.45) is 35.5 Å². The van der Waals surface area contributed by atoms with Gasteiger partial charge >= 0.3 is 0 Å². The molecule has 3 aliphatic rings. The maximum Gasteiger partial charge on any atom is 0.0654 e. The molecule has 0 saturated heterocycles. The topological polar surface area (TPSA) is 9.23 Å². The van der Waals surface area contributed by atoms with Crippen LogP contribution in [-0.2, 0) is 4.74 Å². The van der Waals surface area contributed by atoms with Gasteiger partial charge in [-0.25, -0.2) is 0 Å². The van der Waals surface area contributed by atoms with Crippen molar-refractivity contribution in [3.63, 3.8) is 0 Å². The van der Waals surface area contributed by atoms with Crippen LogP contribution < -0.4 is 0 Å². The molecule has 0 aromatic carbocycles. The highest BCUT2D eigenvalue weighted by atomic mass is 16.5. The maximum atomic E-state index is 6.41. The molecule has 0 spiro atoms. The van der Waals surface area contributed by atoms with E-state index in [0.717, 1.165) is 36.2 Å². The zero-order valence-corrected chi connectivity index (χ0v) is 16.2. The Labute approximate surface area is 144 Å². The van der Waals surface area contributed by atoms with E-state index < -0.39 is 0 Å². The zero-order valence-electron chi connectivity index (χ0n) is 16.2. The van der Waals surface area contributed by atoms with Crippen LogP contribution in [0.5, 0.6) is 0 Å². The number of hydrogen-bond acceptors (Lipinski definition) is 1. The molecule has 0 N–H and O–H groups in total. The Kier molecular flexibility index (Phi) is 5.76. The van der Waals surface area contributed by atoms with E-state index in [2.05, 4.69) is 27.7 Å². The van der Waals surface area contributed by atoms with E-state index in [1.165, 1.54) is 44.9 Å². The lowest BCUT2D eigenvalue weighted by Crippen LogP contribution is -2.44. The summed E-state index contributed by atoms with van der Waals surface area (Å²) in [6, 6.07) is 0. The lowest BCUT2D eigenvalue weighted by molar-refractivity contribution is -0.0998. The molecular formula is C22H40O. The van der Waals surface area contributed by atoms with Gasteiger partial charge < -0.3 is 4.74 Å². The summed E-state index contributed by atoms with van der Waals surface area (Å²) in [6.07, 6.45) is 14.8. The summed E-state index contributed by atoms with van der Waals surface area (Å²) in [6.45, 7) is 10.3. The van der Waals surface area contributed by atoms with E-state index >= 15 is 0 Å². The smallest absolute Gasteiger partial charge is 0.0654 e. The molecule has 0 bridgehead atoms. The largest absolute Gasteiger partial charge is 0.375 e. The molecule has 3 saturated carbocycles. The van der Waals surface area contributed by atoms with Crippen molar-refractivity contribution in [2.45, 2.75) is 97.5 Å². The highest BCUT2D eigenvalue weighted by Crippen LogP contribution is 2.52. The lowest BCUT2D eigenvalue weighted by atomic mass is 9.57. The Hall–Kier alpha value is -0.0400. The van der Waals surface area contributed by atoms with Gasteiger partial charge in [0.1, 0.15) is 0 Å². The van der Waals surface area contributed by atoms with Crippen LogP contribution in [0, 0.1) is 35.5 Å². The van der Waals surface area contributed by atoms with Crippen LogP contribution >= 0.6 is 0 Å². The number of rotatable bonds is 5. The third-order valence-electron chi connectivity index (χ3n) is 7.84. The predicted molar refractivity (Wildman–Crippen MR) is 98.5 cm³/mol. The van der Waals surface area contributed by atoms with Crippen molar-refractivity contribution in [1.29, 1.82) is 0 Å². The number of ether oxygens (including phenoxy) is 1. The first-order valence-corrected chi connectivity index (χ1v) is 10.6. The van der Waals surface area contributed by atoms with Gasteiger partial charge in [-0.3, -0.25) is 0 Å². The van der Waals surface area contributed by atoms with Crippen molar-refractivity contribution in [3.05, 3.63) is 0 Å². The second-order valence-electron chi connectivity index (χ2n) is 9.73. The standard InChI is InChI=1S/C22H40O/c1-5-16(2)15-23-22(3,4)21-11-10-19-12-17-8-6-7-9-18(17)13-20(19)14-21/h16-21H,5-15H2,1-4H3. The first-order chi connectivity index (χ1) is 11.0. The molecule has 3 aliphatic carbocycles. The third-order valence-corrected chi connectivity index (χ3v) is 7.84. The SMILES string of the molecule is CCC(C)COC(C)(C)C1CCC2CC3CCCCC3CC2C1. The van der Waals surface area contributed by atoms with Gasteiger partial charge in [0.25, 0.3) is 0 Å². The lowest BCUT2D eigenvalue weighted by Gasteiger charge is -2.50. The second-order valence-corrected chi connectivity index (χ2v) is 9.73. The molecule has 0 heterocycles. The zero-order chi connectivity index (χ0) is 16.4. The summed E-state index contributed by atoms with van der Waals surface area (Å²) in [5, 5.41) is 0. The molecule has 3 rings (SSSR count). The van der Waals surface area contributed by atoms with Gasteiger partial charge in [0, 0.05) is 6.61 Å². The molecule has 23 heavy (non-hydrogen) atoms. The minimum Gasteiger partial charge on any atom is -0.375 e. The predicted octanol–water partition coefficient (Wildman–Crippen LogP) is 6.46. The molecule has 0 radical (unpaired) electrons. The molecule has 134 valence electrons. The van der Waals surface area contributed by atoms with Gasteiger partial charge in [-0.1, -0.05) is 46.0 Å². The summed E-state index contributed by atoms with van der Waals surface area (Å²) in [4.78, 5) is 0.